The van der Waals surface area contributed by atoms with E-state index < -0.39 is 0 Å². The quantitative estimate of drug-likeness (QED) is 0.434. The molecule has 8 nitrogen and oxygen atoms in total. The van der Waals surface area contributed by atoms with Crippen molar-refractivity contribution in [1.82, 2.24) is 15.3 Å². The van der Waals surface area contributed by atoms with Crippen LogP contribution in [0.25, 0.3) is 0 Å². The molecule has 1 saturated heterocycles. The Hall–Kier alpha value is -2.52. The number of methoxy groups -OCH3 is 1. The molecule has 2 fully saturated rings. The number of halogens is 1. The zero-order valence-electron chi connectivity index (χ0n) is 21.0. The van der Waals surface area contributed by atoms with Crippen LogP contribution in [0.1, 0.15) is 67.9 Å². The molecule has 0 spiro atoms. The van der Waals surface area contributed by atoms with Gasteiger partial charge in [0.15, 0.2) is 0 Å². The highest BCUT2D eigenvalue weighted by Gasteiger charge is 2.27. The van der Waals surface area contributed by atoms with Crippen LogP contribution in [0.4, 0.5) is 11.6 Å². The number of Topliss-reactive ketones (excluding diaryl/α,β-unsaturated/α-hetero) is 1. The summed E-state index contributed by atoms with van der Waals surface area (Å²) in [6.45, 7) is 3.02. The van der Waals surface area contributed by atoms with Crippen LogP contribution in [0.2, 0.25) is 0 Å². The third-order valence-corrected chi connectivity index (χ3v) is 7.82. The first-order valence-electron chi connectivity index (χ1n) is 12.8. The van der Waals surface area contributed by atoms with Crippen LogP contribution in [0.5, 0.6) is 5.75 Å². The fraction of sp³-hybridized carbons (Fsp3) is 0.556. The molecule has 1 aliphatic carbocycles. The molecule has 1 saturated carbocycles. The lowest BCUT2D eigenvalue weighted by atomic mass is 9.75. The van der Waals surface area contributed by atoms with Gasteiger partial charge in [-0.25, -0.2) is 9.97 Å². The topological polar surface area (TPSA) is 102 Å². The summed E-state index contributed by atoms with van der Waals surface area (Å²) >= 11 is 3.61. The number of carbonyl (C=O) groups excluding carboxylic acids is 2. The SMILES string of the molecule is COc1cc(C(=O)NC2CCOCC2)ccc1Nc1ncc(Br)c(C[C@@H]2CCCC[C@H]2CC(C)=O)n1. The van der Waals surface area contributed by atoms with E-state index in [2.05, 4.69) is 31.5 Å². The van der Waals surface area contributed by atoms with E-state index >= 15 is 0 Å². The van der Waals surface area contributed by atoms with Gasteiger partial charge in [0, 0.05) is 37.4 Å². The molecular formula is C27H35BrN4O4. The first kappa shape index (κ1) is 26.5. The Morgan fingerprint density at radius 2 is 1.89 bits per heavy atom. The Kier molecular flexibility index (Phi) is 9.31. The molecule has 1 aromatic carbocycles. The monoisotopic (exact) mass is 558 g/mol. The largest absolute Gasteiger partial charge is 0.495 e. The average Bonchev–Trinajstić information content (AvgIpc) is 2.87. The summed E-state index contributed by atoms with van der Waals surface area (Å²) in [6.07, 6.45) is 9.45. The molecule has 2 N–H and O–H groups in total. The van der Waals surface area contributed by atoms with Gasteiger partial charge >= 0.3 is 0 Å². The van der Waals surface area contributed by atoms with Crippen molar-refractivity contribution in [2.24, 2.45) is 11.8 Å². The van der Waals surface area contributed by atoms with Crippen molar-refractivity contribution >= 4 is 39.3 Å². The van der Waals surface area contributed by atoms with E-state index in [4.69, 9.17) is 14.5 Å². The molecular weight excluding hydrogens is 524 g/mol. The molecule has 36 heavy (non-hydrogen) atoms. The second-order valence-electron chi connectivity index (χ2n) is 9.80. The van der Waals surface area contributed by atoms with Gasteiger partial charge in [-0.05, 0) is 85.0 Å². The molecule has 1 aliphatic heterocycles. The van der Waals surface area contributed by atoms with Crippen molar-refractivity contribution in [1.29, 1.82) is 0 Å². The van der Waals surface area contributed by atoms with Crippen LogP contribution in [0.15, 0.2) is 28.9 Å². The van der Waals surface area contributed by atoms with Crippen LogP contribution in [0, 0.1) is 11.8 Å². The third-order valence-electron chi connectivity index (χ3n) is 7.16. The van der Waals surface area contributed by atoms with Crippen LogP contribution in [-0.4, -0.2) is 48.0 Å². The minimum atomic E-state index is -0.124. The minimum absolute atomic E-state index is 0.124. The summed E-state index contributed by atoms with van der Waals surface area (Å²) in [5, 5.41) is 6.33. The number of benzene rings is 1. The summed E-state index contributed by atoms with van der Waals surface area (Å²) in [4.78, 5) is 33.7. The van der Waals surface area contributed by atoms with E-state index in [0.29, 0.717) is 54.4 Å². The van der Waals surface area contributed by atoms with E-state index in [0.717, 1.165) is 42.3 Å². The maximum Gasteiger partial charge on any atom is 0.251 e. The summed E-state index contributed by atoms with van der Waals surface area (Å²) < 4.78 is 11.8. The normalized spacial score (nSPS) is 20.5. The fourth-order valence-corrected chi connectivity index (χ4v) is 5.57. The summed E-state index contributed by atoms with van der Waals surface area (Å²) in [7, 11) is 1.58. The highest BCUT2D eigenvalue weighted by Crippen LogP contribution is 2.36. The molecule has 2 aliphatic rings. The van der Waals surface area contributed by atoms with Crippen LogP contribution >= 0.6 is 15.9 Å². The van der Waals surface area contributed by atoms with Crippen molar-refractivity contribution in [3.05, 3.63) is 40.1 Å². The van der Waals surface area contributed by atoms with Gasteiger partial charge in [-0.15, -0.1) is 0 Å². The van der Waals surface area contributed by atoms with E-state index in [1.165, 1.54) is 12.8 Å². The Morgan fingerprint density at radius 3 is 2.61 bits per heavy atom. The van der Waals surface area contributed by atoms with E-state index in [-0.39, 0.29) is 17.7 Å². The zero-order chi connectivity index (χ0) is 25.5. The molecule has 2 aromatic rings. The Morgan fingerprint density at radius 1 is 1.14 bits per heavy atom. The van der Waals surface area contributed by atoms with Gasteiger partial charge in [-0.3, -0.25) is 4.79 Å². The Balaban J connectivity index is 1.46. The molecule has 4 rings (SSSR count). The van der Waals surface area contributed by atoms with Crippen molar-refractivity contribution < 1.29 is 19.1 Å². The number of aromatic nitrogens is 2. The number of hydrogen-bond donors (Lipinski definition) is 2. The molecule has 2 atom stereocenters. The van der Waals surface area contributed by atoms with Gasteiger partial charge in [-0.1, -0.05) is 12.8 Å². The number of rotatable bonds is 9. The average molecular weight is 560 g/mol. The lowest BCUT2D eigenvalue weighted by Gasteiger charge is -2.31. The van der Waals surface area contributed by atoms with Crippen molar-refractivity contribution in [2.45, 2.75) is 64.3 Å². The van der Waals surface area contributed by atoms with E-state index in [1.807, 2.05) is 6.07 Å². The Bertz CT molecular complexity index is 1070. The van der Waals surface area contributed by atoms with Crippen LogP contribution in [-0.2, 0) is 16.0 Å². The molecule has 0 unspecified atom stereocenters. The van der Waals surface area contributed by atoms with Crippen molar-refractivity contribution in [3.8, 4) is 5.75 Å². The molecule has 194 valence electrons. The van der Waals surface area contributed by atoms with Crippen molar-refractivity contribution in [2.75, 3.05) is 25.6 Å². The van der Waals surface area contributed by atoms with Gasteiger partial charge in [0.1, 0.15) is 11.5 Å². The lowest BCUT2D eigenvalue weighted by Crippen LogP contribution is -2.38. The van der Waals surface area contributed by atoms with Crippen molar-refractivity contribution in [3.63, 3.8) is 0 Å². The molecule has 9 heteroatoms. The van der Waals surface area contributed by atoms with Gasteiger partial charge < -0.3 is 24.9 Å². The number of ketones is 1. The number of ether oxygens (including phenoxy) is 2. The van der Waals surface area contributed by atoms with Gasteiger partial charge in [-0.2, -0.15) is 0 Å². The highest BCUT2D eigenvalue weighted by atomic mass is 79.9. The highest BCUT2D eigenvalue weighted by molar-refractivity contribution is 9.10. The van der Waals surface area contributed by atoms with Gasteiger partial charge in [0.25, 0.3) is 5.91 Å². The summed E-state index contributed by atoms with van der Waals surface area (Å²) in [5.41, 5.74) is 2.15. The first-order valence-corrected chi connectivity index (χ1v) is 13.6. The predicted octanol–water partition coefficient (Wildman–Crippen LogP) is 5.23. The first-order chi connectivity index (χ1) is 17.4. The maximum atomic E-state index is 12.7. The molecule has 0 bridgehead atoms. The van der Waals surface area contributed by atoms with Gasteiger partial charge in [0.05, 0.1) is 23.0 Å². The standard InChI is InChI=1S/C27H35BrN4O4/c1-17(33)13-18-5-3-4-6-19(18)14-24-22(28)16-29-27(32-24)31-23-8-7-20(15-25(23)35-2)26(34)30-21-9-11-36-12-10-21/h7-8,15-16,18-19,21H,3-6,9-14H2,1-2H3,(H,30,34)(H,29,31,32)/t18-,19-/m0/s1. The molecule has 1 aromatic heterocycles. The van der Waals surface area contributed by atoms with E-state index in [1.54, 1.807) is 32.4 Å². The number of nitrogens with one attached hydrogen (secondary N) is 2. The number of amides is 1. The Labute approximate surface area is 221 Å². The molecule has 0 radical (unpaired) electrons. The number of hydrogen-bond acceptors (Lipinski definition) is 7. The zero-order valence-corrected chi connectivity index (χ0v) is 22.6. The third kappa shape index (κ3) is 7.03. The maximum absolute atomic E-state index is 12.7. The number of anilines is 2. The lowest BCUT2D eigenvalue weighted by molar-refractivity contribution is -0.118. The van der Waals surface area contributed by atoms with Crippen LogP contribution in [0.3, 0.4) is 0 Å². The number of carbonyl (C=O) groups is 2. The second kappa shape index (κ2) is 12.6. The fourth-order valence-electron chi connectivity index (χ4n) is 5.21. The number of nitrogens with zero attached hydrogens (tertiary/aromatic N) is 2. The molecule has 2 heterocycles. The van der Waals surface area contributed by atoms with Crippen LogP contribution < -0.4 is 15.4 Å². The van der Waals surface area contributed by atoms with Gasteiger partial charge in [0.2, 0.25) is 5.95 Å². The summed E-state index contributed by atoms with van der Waals surface area (Å²) in [5.74, 6) is 1.98. The minimum Gasteiger partial charge on any atom is -0.495 e. The smallest absolute Gasteiger partial charge is 0.251 e. The molecule has 1 amide bonds. The second-order valence-corrected chi connectivity index (χ2v) is 10.7. The predicted molar refractivity (Wildman–Crippen MR) is 142 cm³/mol. The summed E-state index contributed by atoms with van der Waals surface area (Å²) in [6, 6.07) is 5.44. The van der Waals surface area contributed by atoms with E-state index in [9.17, 15) is 9.59 Å².